The summed E-state index contributed by atoms with van der Waals surface area (Å²) in [6, 6.07) is 5.96. The quantitative estimate of drug-likeness (QED) is 0.869. The van der Waals surface area contributed by atoms with Crippen LogP contribution < -0.4 is 5.32 Å². The first-order valence-electron chi connectivity index (χ1n) is 6.51. The van der Waals surface area contributed by atoms with Crippen molar-refractivity contribution in [3.63, 3.8) is 0 Å². The maximum atomic E-state index is 12.5. The number of fused-ring (bicyclic) bond motifs is 1. The summed E-state index contributed by atoms with van der Waals surface area (Å²) >= 11 is 1.14. The zero-order valence-corrected chi connectivity index (χ0v) is 14.3. The number of amides is 1. The molecule has 0 aromatic heterocycles. The van der Waals surface area contributed by atoms with Gasteiger partial charge in [-0.2, -0.15) is 0 Å². The Morgan fingerprint density at radius 2 is 1.91 bits per heavy atom. The first-order valence-corrected chi connectivity index (χ1v) is 8.77. The molecule has 1 aromatic carbocycles. The van der Waals surface area contributed by atoms with Crippen molar-refractivity contribution in [2.75, 3.05) is 7.05 Å². The Morgan fingerprint density at radius 1 is 1.30 bits per heavy atom. The Balaban J connectivity index is 2.47. The van der Waals surface area contributed by atoms with Crippen molar-refractivity contribution in [2.24, 2.45) is 0 Å². The molecule has 1 aromatic rings. The van der Waals surface area contributed by atoms with Gasteiger partial charge in [-0.05, 0) is 24.0 Å². The maximum absolute atomic E-state index is 12.5. The van der Waals surface area contributed by atoms with Crippen molar-refractivity contribution in [3.8, 4) is 0 Å². The minimum atomic E-state index is -3.91. The predicted molar refractivity (Wildman–Crippen MR) is 90.6 cm³/mol. The molecule has 0 saturated heterocycles. The molecule has 1 amide bonds. The Bertz CT molecular complexity index is 841. The lowest BCUT2D eigenvalue weighted by Crippen LogP contribution is -2.39. The van der Waals surface area contributed by atoms with Crippen molar-refractivity contribution in [1.29, 1.82) is 0 Å². The summed E-state index contributed by atoms with van der Waals surface area (Å²) in [5.41, 5.74) is -0.263. The Morgan fingerprint density at radius 3 is 2.52 bits per heavy atom. The molecule has 0 aliphatic carbocycles. The van der Waals surface area contributed by atoms with Gasteiger partial charge in [-0.15, -0.1) is 0 Å². The van der Waals surface area contributed by atoms with E-state index in [9.17, 15) is 18.3 Å². The van der Waals surface area contributed by atoms with Crippen LogP contribution in [0.2, 0.25) is 0 Å². The fraction of sp³-hybridized carbons (Fsp3) is 0.133. The molecule has 1 heterocycles. The van der Waals surface area contributed by atoms with E-state index in [0.717, 1.165) is 16.1 Å². The number of sulfonamides is 1. The molecule has 1 aliphatic heterocycles. The second kappa shape index (κ2) is 6.13. The molecular formula is C15H16N2O4S2. The van der Waals surface area contributed by atoms with Crippen LogP contribution in [0.25, 0.3) is 5.76 Å². The molecule has 0 atom stereocenters. The molecule has 0 bridgehead atoms. The lowest BCUT2D eigenvalue weighted by Gasteiger charge is -2.28. The van der Waals surface area contributed by atoms with Crippen LogP contribution in [-0.2, 0) is 14.8 Å². The van der Waals surface area contributed by atoms with E-state index in [0.29, 0.717) is 4.91 Å². The molecule has 6 nitrogen and oxygen atoms in total. The first-order chi connectivity index (χ1) is 10.7. The molecule has 1 aliphatic rings. The van der Waals surface area contributed by atoms with E-state index in [2.05, 4.69) is 18.5 Å². The molecule has 122 valence electrons. The van der Waals surface area contributed by atoms with Crippen LogP contribution in [-0.4, -0.2) is 30.8 Å². The topological polar surface area (TPSA) is 86.7 Å². The van der Waals surface area contributed by atoms with Gasteiger partial charge < -0.3 is 10.4 Å². The summed E-state index contributed by atoms with van der Waals surface area (Å²) in [5, 5.41) is 13.1. The van der Waals surface area contributed by atoms with Crippen LogP contribution in [0.4, 0.5) is 0 Å². The maximum Gasteiger partial charge on any atom is 0.277 e. The van der Waals surface area contributed by atoms with Crippen LogP contribution in [0.3, 0.4) is 0 Å². The van der Waals surface area contributed by atoms with Crippen LogP contribution in [0.5, 0.6) is 0 Å². The van der Waals surface area contributed by atoms with Gasteiger partial charge in [-0.25, -0.2) is 8.42 Å². The summed E-state index contributed by atoms with van der Waals surface area (Å²) in [7, 11) is -2.69. The molecule has 0 unspecified atom stereocenters. The standard InChI is InChI=1S/C15H16N2O4S2/c1-9(2)22-10(3)16-15(19)13-14(18)11-7-5-6-8-12(11)23(20,21)17(13)4/h5-8,18H,1,3H2,2,4H3,(H,16,19). The van der Waals surface area contributed by atoms with Crippen molar-refractivity contribution in [3.05, 3.63) is 58.6 Å². The number of aliphatic hydroxyl groups excluding tert-OH is 1. The zero-order valence-electron chi connectivity index (χ0n) is 12.7. The second-order valence-corrected chi connectivity index (χ2v) is 8.18. The van der Waals surface area contributed by atoms with Gasteiger partial charge in [0.1, 0.15) is 0 Å². The number of nitrogens with one attached hydrogen (secondary N) is 1. The number of aliphatic hydroxyl groups is 1. The number of nitrogens with zero attached hydrogens (tertiary/aromatic N) is 1. The van der Waals surface area contributed by atoms with Crippen molar-refractivity contribution in [2.45, 2.75) is 11.8 Å². The highest BCUT2D eigenvalue weighted by Crippen LogP contribution is 2.34. The van der Waals surface area contributed by atoms with Crippen molar-refractivity contribution in [1.82, 2.24) is 9.62 Å². The van der Waals surface area contributed by atoms with E-state index in [1.807, 2.05) is 0 Å². The Hall–Kier alpha value is -2.19. The van der Waals surface area contributed by atoms with E-state index in [-0.39, 0.29) is 21.2 Å². The van der Waals surface area contributed by atoms with Gasteiger partial charge in [0.2, 0.25) is 0 Å². The number of thioether (sulfide) groups is 1. The summed E-state index contributed by atoms with van der Waals surface area (Å²) < 4.78 is 25.7. The van der Waals surface area contributed by atoms with Crippen molar-refractivity contribution < 1.29 is 18.3 Å². The number of likely N-dealkylation sites (N-methyl/N-ethyl adjacent to an activating group) is 1. The third-order valence-electron chi connectivity index (χ3n) is 3.09. The Kier molecular flexibility index (Phi) is 4.58. The van der Waals surface area contributed by atoms with Gasteiger partial charge in [-0.1, -0.05) is 37.1 Å². The van der Waals surface area contributed by atoms with Gasteiger partial charge in [0.05, 0.1) is 9.92 Å². The number of hydrogen-bond donors (Lipinski definition) is 2. The van der Waals surface area contributed by atoms with E-state index in [4.69, 9.17) is 0 Å². The Labute approximate surface area is 139 Å². The lowest BCUT2D eigenvalue weighted by molar-refractivity contribution is -0.117. The van der Waals surface area contributed by atoms with Crippen LogP contribution in [0.1, 0.15) is 12.5 Å². The predicted octanol–water partition coefficient (Wildman–Crippen LogP) is 2.40. The number of allylic oxidation sites excluding steroid dienone is 1. The molecule has 2 rings (SSSR count). The number of hydrogen-bond acceptors (Lipinski definition) is 5. The summed E-state index contributed by atoms with van der Waals surface area (Å²) in [6.07, 6.45) is 0. The SMILES string of the molecule is C=C(C)SC(=C)NC(=O)C1=C(O)c2ccccc2S(=O)(=O)N1C. The largest absolute Gasteiger partial charge is 0.505 e. The number of benzene rings is 1. The number of carbonyl (C=O) groups is 1. The first kappa shape index (κ1) is 17.2. The van der Waals surface area contributed by atoms with Gasteiger partial charge in [0, 0.05) is 12.6 Å². The van der Waals surface area contributed by atoms with Crippen LogP contribution in [0, 0.1) is 0 Å². The molecule has 0 spiro atoms. The van der Waals surface area contributed by atoms with Crippen molar-refractivity contribution >= 4 is 33.5 Å². The highest BCUT2D eigenvalue weighted by Gasteiger charge is 2.37. The molecular weight excluding hydrogens is 336 g/mol. The fourth-order valence-corrected chi connectivity index (χ4v) is 4.07. The number of carbonyl (C=O) groups excluding carboxylic acids is 1. The van der Waals surface area contributed by atoms with Gasteiger partial charge in [0.15, 0.2) is 11.5 Å². The van der Waals surface area contributed by atoms with E-state index in [1.54, 1.807) is 19.1 Å². The van der Waals surface area contributed by atoms with E-state index < -0.39 is 21.7 Å². The zero-order chi connectivity index (χ0) is 17.4. The highest BCUT2D eigenvalue weighted by atomic mass is 32.2. The monoisotopic (exact) mass is 352 g/mol. The third-order valence-corrected chi connectivity index (χ3v) is 5.60. The summed E-state index contributed by atoms with van der Waals surface area (Å²) in [5.74, 6) is -1.16. The number of rotatable bonds is 4. The van der Waals surface area contributed by atoms with Gasteiger partial charge in [0.25, 0.3) is 15.9 Å². The average molecular weight is 352 g/mol. The minimum Gasteiger partial charge on any atom is -0.505 e. The van der Waals surface area contributed by atoms with E-state index >= 15 is 0 Å². The molecule has 0 radical (unpaired) electrons. The summed E-state index contributed by atoms with van der Waals surface area (Å²) in [6.45, 7) is 9.08. The second-order valence-electron chi connectivity index (χ2n) is 4.85. The average Bonchev–Trinajstić information content (AvgIpc) is 2.45. The van der Waals surface area contributed by atoms with Gasteiger partial charge in [-0.3, -0.25) is 9.10 Å². The lowest BCUT2D eigenvalue weighted by atomic mass is 10.1. The smallest absolute Gasteiger partial charge is 0.277 e. The van der Waals surface area contributed by atoms with E-state index in [1.165, 1.54) is 19.2 Å². The third kappa shape index (κ3) is 3.13. The fourth-order valence-electron chi connectivity index (χ4n) is 2.10. The van der Waals surface area contributed by atoms with Gasteiger partial charge >= 0.3 is 0 Å². The molecule has 0 saturated carbocycles. The minimum absolute atomic E-state index is 0.0494. The highest BCUT2D eigenvalue weighted by molar-refractivity contribution is 8.06. The summed E-state index contributed by atoms with van der Waals surface area (Å²) in [4.78, 5) is 13.0. The normalized spacial score (nSPS) is 15.8. The molecule has 8 heteroatoms. The molecule has 2 N–H and O–H groups in total. The van der Waals surface area contributed by atoms with Crippen LogP contribution >= 0.6 is 11.8 Å². The van der Waals surface area contributed by atoms with Crippen LogP contribution in [0.15, 0.2) is 58.0 Å². The molecule has 23 heavy (non-hydrogen) atoms. The molecule has 0 fully saturated rings.